The van der Waals surface area contributed by atoms with Crippen LogP contribution in [0.25, 0.3) is 0 Å². The molecule has 2 aromatic rings. The standard InChI is InChI=1S/C27H40FN3O5Si/c1-18-16-31(26(34)30-25(18)33)24-15-21(22(36-24)17-35-37(5,6)27(2,3)4)29-23(32)10-8-7-9-19-11-13-20(28)14-12-19/h11-14,16,21-22,24H,7-10,15,17H2,1-6H3,(H,29,32)(H,30,33,34)/t21-,22+,24+/m0/s1. The van der Waals surface area contributed by atoms with E-state index in [4.69, 9.17) is 9.16 Å². The van der Waals surface area contributed by atoms with Crippen LogP contribution >= 0.6 is 0 Å². The Balaban J connectivity index is 1.64. The van der Waals surface area contributed by atoms with E-state index < -0.39 is 31.9 Å². The fourth-order valence-corrected chi connectivity index (χ4v) is 5.07. The predicted molar refractivity (Wildman–Crippen MR) is 144 cm³/mol. The molecule has 1 aromatic carbocycles. The second-order valence-electron chi connectivity index (χ2n) is 11.4. The zero-order valence-electron chi connectivity index (χ0n) is 22.7. The molecule has 0 aliphatic carbocycles. The molecule has 1 fully saturated rings. The van der Waals surface area contributed by atoms with Crippen LogP contribution in [-0.2, 0) is 20.4 Å². The number of ether oxygens (including phenoxy) is 1. The van der Waals surface area contributed by atoms with Gasteiger partial charge in [0, 0.05) is 24.6 Å². The van der Waals surface area contributed by atoms with E-state index in [0.29, 0.717) is 31.4 Å². The van der Waals surface area contributed by atoms with Gasteiger partial charge >= 0.3 is 5.69 Å². The summed E-state index contributed by atoms with van der Waals surface area (Å²) >= 11 is 0. The molecule has 1 saturated heterocycles. The van der Waals surface area contributed by atoms with Crippen molar-refractivity contribution in [2.45, 2.75) is 96.3 Å². The SMILES string of the molecule is Cc1cn([C@H]2C[C@H](NC(=O)CCCCc3ccc(F)cc3)[C@@H](CO[Si](C)(C)C(C)(C)C)O2)c(=O)[nH]c1=O. The predicted octanol–water partition coefficient (Wildman–Crippen LogP) is 4.19. The highest BCUT2D eigenvalue weighted by atomic mass is 28.4. The highest BCUT2D eigenvalue weighted by molar-refractivity contribution is 6.74. The number of hydrogen-bond acceptors (Lipinski definition) is 5. The van der Waals surface area contributed by atoms with Crippen molar-refractivity contribution in [2.75, 3.05) is 6.61 Å². The number of nitrogens with zero attached hydrogens (tertiary/aromatic N) is 1. The van der Waals surface area contributed by atoms with Gasteiger partial charge < -0.3 is 14.5 Å². The van der Waals surface area contributed by atoms with E-state index in [-0.39, 0.29) is 22.8 Å². The van der Waals surface area contributed by atoms with Gasteiger partial charge in [-0.2, -0.15) is 0 Å². The Kier molecular flexibility index (Phi) is 9.30. The van der Waals surface area contributed by atoms with Crippen LogP contribution in [0.5, 0.6) is 0 Å². The third-order valence-corrected chi connectivity index (χ3v) is 12.0. The minimum Gasteiger partial charge on any atom is -0.414 e. The molecule has 0 saturated carbocycles. The number of benzene rings is 1. The van der Waals surface area contributed by atoms with Crippen LogP contribution in [-0.4, -0.2) is 42.5 Å². The van der Waals surface area contributed by atoms with Gasteiger partial charge in [-0.05, 0) is 62.0 Å². The molecule has 8 nitrogen and oxygen atoms in total. The first-order valence-electron chi connectivity index (χ1n) is 12.9. The maximum atomic E-state index is 13.1. The highest BCUT2D eigenvalue weighted by Gasteiger charge is 2.42. The number of hydrogen-bond donors (Lipinski definition) is 2. The lowest BCUT2D eigenvalue weighted by Gasteiger charge is -2.37. The van der Waals surface area contributed by atoms with Gasteiger partial charge in [-0.25, -0.2) is 9.18 Å². The first-order valence-corrected chi connectivity index (χ1v) is 15.8. The van der Waals surface area contributed by atoms with Crippen LogP contribution in [0.15, 0.2) is 40.1 Å². The lowest BCUT2D eigenvalue weighted by molar-refractivity contribution is -0.122. The minimum atomic E-state index is -2.06. The van der Waals surface area contributed by atoms with E-state index in [1.54, 1.807) is 19.1 Å². The lowest BCUT2D eigenvalue weighted by Crippen LogP contribution is -2.47. The molecule has 37 heavy (non-hydrogen) atoms. The molecule has 0 radical (unpaired) electrons. The Bertz CT molecular complexity index is 1190. The smallest absolute Gasteiger partial charge is 0.330 e. The zero-order valence-corrected chi connectivity index (χ0v) is 23.7. The van der Waals surface area contributed by atoms with Gasteiger partial charge in [0.2, 0.25) is 5.91 Å². The maximum absolute atomic E-state index is 13.1. The first kappa shape index (κ1) is 29.0. The largest absolute Gasteiger partial charge is 0.414 e. The number of aromatic amines is 1. The summed E-state index contributed by atoms with van der Waals surface area (Å²) in [6.07, 6.45) is 3.48. The summed E-state index contributed by atoms with van der Waals surface area (Å²) in [6, 6.07) is 6.08. The van der Waals surface area contributed by atoms with Crippen LogP contribution in [0.3, 0.4) is 0 Å². The van der Waals surface area contributed by atoms with Crippen LogP contribution in [0.2, 0.25) is 18.1 Å². The minimum absolute atomic E-state index is 0.0151. The van der Waals surface area contributed by atoms with Crippen LogP contribution in [0, 0.1) is 12.7 Å². The number of unbranched alkanes of at least 4 members (excludes halogenated alkanes) is 1. The van der Waals surface area contributed by atoms with Gasteiger partial charge in [-0.1, -0.05) is 32.9 Å². The van der Waals surface area contributed by atoms with Crippen molar-refractivity contribution in [1.29, 1.82) is 0 Å². The van der Waals surface area contributed by atoms with Crippen LogP contribution in [0.4, 0.5) is 4.39 Å². The Morgan fingerprint density at radius 2 is 1.89 bits per heavy atom. The molecule has 1 amide bonds. The van der Waals surface area contributed by atoms with E-state index in [0.717, 1.165) is 18.4 Å². The number of amides is 1. The van der Waals surface area contributed by atoms with Crippen LogP contribution < -0.4 is 16.6 Å². The average molecular weight is 534 g/mol. The van der Waals surface area contributed by atoms with Crippen molar-refractivity contribution >= 4 is 14.2 Å². The normalized spacial score (nSPS) is 20.2. The van der Waals surface area contributed by atoms with Gasteiger partial charge in [0.15, 0.2) is 8.32 Å². The number of nitrogens with one attached hydrogen (secondary N) is 2. The Morgan fingerprint density at radius 3 is 2.54 bits per heavy atom. The van der Waals surface area contributed by atoms with Crippen molar-refractivity contribution < 1.29 is 18.3 Å². The average Bonchev–Trinajstić information content (AvgIpc) is 3.20. The van der Waals surface area contributed by atoms with E-state index in [9.17, 15) is 18.8 Å². The molecule has 204 valence electrons. The molecule has 0 spiro atoms. The second-order valence-corrected chi connectivity index (χ2v) is 16.2. The van der Waals surface area contributed by atoms with E-state index in [1.165, 1.54) is 22.9 Å². The van der Waals surface area contributed by atoms with Crippen molar-refractivity contribution in [3.63, 3.8) is 0 Å². The first-order chi connectivity index (χ1) is 17.3. The molecule has 3 atom stereocenters. The zero-order chi connectivity index (χ0) is 27.4. The van der Waals surface area contributed by atoms with Gasteiger partial charge in [0.1, 0.15) is 18.1 Å². The Labute approximate surface area is 218 Å². The monoisotopic (exact) mass is 533 g/mol. The summed E-state index contributed by atoms with van der Waals surface area (Å²) < 4.78 is 27.1. The third kappa shape index (κ3) is 7.72. The molecule has 1 aliphatic rings. The number of rotatable bonds is 10. The number of aryl methyl sites for hydroxylation is 2. The summed E-state index contributed by atoms with van der Waals surface area (Å²) in [4.78, 5) is 39.4. The van der Waals surface area contributed by atoms with E-state index in [1.807, 2.05) is 0 Å². The van der Waals surface area contributed by atoms with Crippen LogP contribution in [0.1, 0.15) is 63.8 Å². The number of carbonyl (C=O) groups is 1. The maximum Gasteiger partial charge on any atom is 0.330 e. The molecule has 2 N–H and O–H groups in total. The summed E-state index contributed by atoms with van der Waals surface area (Å²) in [6.45, 7) is 12.7. The number of H-pyrrole nitrogens is 1. The molecule has 3 rings (SSSR count). The number of halogens is 1. The van der Waals surface area contributed by atoms with Crippen molar-refractivity contribution in [2.24, 2.45) is 0 Å². The summed E-state index contributed by atoms with van der Waals surface area (Å²) in [7, 11) is -2.06. The fraction of sp³-hybridized carbons (Fsp3) is 0.593. The summed E-state index contributed by atoms with van der Waals surface area (Å²) in [5, 5.41) is 3.11. The molecular weight excluding hydrogens is 493 g/mol. The topological polar surface area (TPSA) is 102 Å². The summed E-state index contributed by atoms with van der Waals surface area (Å²) in [5.74, 6) is -0.345. The third-order valence-electron chi connectivity index (χ3n) is 7.49. The molecular formula is C27H40FN3O5Si. The molecule has 10 heteroatoms. The molecule has 1 aliphatic heterocycles. The Morgan fingerprint density at radius 1 is 1.22 bits per heavy atom. The molecule has 1 aromatic heterocycles. The number of aromatic nitrogens is 2. The summed E-state index contributed by atoms with van der Waals surface area (Å²) in [5.41, 5.74) is 0.476. The molecule has 2 heterocycles. The van der Waals surface area contributed by atoms with Crippen molar-refractivity contribution in [3.8, 4) is 0 Å². The van der Waals surface area contributed by atoms with E-state index in [2.05, 4.69) is 44.2 Å². The van der Waals surface area contributed by atoms with Crippen molar-refractivity contribution in [1.82, 2.24) is 14.9 Å². The molecule has 0 unspecified atom stereocenters. The van der Waals surface area contributed by atoms with Gasteiger partial charge in [0.25, 0.3) is 5.56 Å². The Hall–Kier alpha value is -2.56. The van der Waals surface area contributed by atoms with Crippen molar-refractivity contribution in [3.05, 3.63) is 68.2 Å². The molecule has 0 bridgehead atoms. The van der Waals surface area contributed by atoms with Gasteiger partial charge in [-0.3, -0.25) is 19.1 Å². The van der Waals surface area contributed by atoms with Gasteiger partial charge in [-0.15, -0.1) is 0 Å². The fourth-order valence-electron chi connectivity index (χ4n) is 4.06. The van der Waals surface area contributed by atoms with E-state index >= 15 is 0 Å². The lowest BCUT2D eigenvalue weighted by atomic mass is 10.1. The highest BCUT2D eigenvalue weighted by Crippen LogP contribution is 2.37. The number of carbonyl (C=O) groups excluding carboxylic acids is 1. The van der Waals surface area contributed by atoms with Gasteiger partial charge in [0.05, 0.1) is 12.6 Å². The quantitative estimate of drug-likeness (QED) is 0.352. The second kappa shape index (κ2) is 11.9.